The van der Waals surface area contributed by atoms with Gasteiger partial charge in [-0.3, -0.25) is 0 Å². The van der Waals surface area contributed by atoms with Gasteiger partial charge in [-0.15, -0.1) is 0 Å². The number of nitrogens with zero attached hydrogens (tertiary/aromatic N) is 2. The quantitative estimate of drug-likeness (QED) is 0.823. The number of hydrogen-bond donors (Lipinski definition) is 0. The van der Waals surface area contributed by atoms with Crippen LogP contribution in [0.2, 0.25) is 0 Å². The summed E-state index contributed by atoms with van der Waals surface area (Å²) in [5, 5.41) is 8.66. The molecule has 1 heterocycles. The summed E-state index contributed by atoms with van der Waals surface area (Å²) in [7, 11) is 0. The summed E-state index contributed by atoms with van der Waals surface area (Å²) in [4.78, 5) is 3.94. The highest BCUT2D eigenvalue weighted by atomic mass is 16.5. The molecule has 0 radical (unpaired) electrons. The van der Waals surface area contributed by atoms with Gasteiger partial charge in [-0.25, -0.2) is 4.98 Å². The molecule has 1 aromatic heterocycles. The van der Waals surface area contributed by atoms with Gasteiger partial charge in [-0.2, -0.15) is 5.26 Å². The molecule has 0 aliphatic rings. The second kappa shape index (κ2) is 5.69. The van der Waals surface area contributed by atoms with E-state index < -0.39 is 0 Å². The maximum absolute atomic E-state index is 8.66. The van der Waals surface area contributed by atoms with Gasteiger partial charge in [0.25, 0.3) is 0 Å². The van der Waals surface area contributed by atoms with Gasteiger partial charge in [0.2, 0.25) is 0 Å². The zero-order valence-corrected chi connectivity index (χ0v) is 9.96. The van der Waals surface area contributed by atoms with E-state index >= 15 is 0 Å². The van der Waals surface area contributed by atoms with E-state index in [4.69, 9.17) is 14.7 Å². The van der Waals surface area contributed by atoms with Gasteiger partial charge < -0.3 is 9.47 Å². The van der Waals surface area contributed by atoms with Crippen molar-refractivity contribution in [3.63, 3.8) is 0 Å². The van der Waals surface area contributed by atoms with Crippen molar-refractivity contribution >= 4 is 0 Å². The van der Waals surface area contributed by atoms with E-state index in [-0.39, 0.29) is 0 Å². The Bertz CT molecular complexity index is 559. The van der Waals surface area contributed by atoms with Crippen molar-refractivity contribution < 1.29 is 9.47 Å². The number of aromatic nitrogens is 1. The highest BCUT2D eigenvalue weighted by molar-refractivity contribution is 5.42. The number of ether oxygens (including phenoxy) is 2. The van der Waals surface area contributed by atoms with Gasteiger partial charge in [0, 0.05) is 0 Å². The minimum absolute atomic E-state index is 0.362. The van der Waals surface area contributed by atoms with Crippen molar-refractivity contribution in [2.75, 3.05) is 6.61 Å². The first-order chi connectivity index (χ1) is 8.83. The molecule has 90 valence electrons. The monoisotopic (exact) mass is 240 g/mol. The zero-order chi connectivity index (χ0) is 12.8. The Labute approximate surface area is 105 Å². The number of nitriles is 1. The molecule has 0 saturated heterocycles. The van der Waals surface area contributed by atoms with E-state index in [1.807, 2.05) is 37.3 Å². The summed E-state index contributed by atoms with van der Waals surface area (Å²) in [6.07, 6.45) is 1.52. The number of rotatable bonds is 4. The summed E-state index contributed by atoms with van der Waals surface area (Å²) in [6, 6.07) is 12.7. The molecule has 0 aliphatic heterocycles. The molecular formula is C14H12N2O2. The largest absolute Gasteiger partial charge is 0.490 e. The highest BCUT2D eigenvalue weighted by Gasteiger charge is 2.05. The topological polar surface area (TPSA) is 55.1 Å². The maximum atomic E-state index is 8.66. The molecule has 0 saturated carbocycles. The smallest absolute Gasteiger partial charge is 0.169 e. The van der Waals surface area contributed by atoms with Crippen molar-refractivity contribution in [3.05, 3.63) is 48.3 Å². The predicted octanol–water partition coefficient (Wildman–Crippen LogP) is 3.14. The van der Waals surface area contributed by atoms with Gasteiger partial charge in [0.15, 0.2) is 11.5 Å². The van der Waals surface area contributed by atoms with Crippen LogP contribution in [0.25, 0.3) is 0 Å². The van der Waals surface area contributed by atoms with E-state index in [1.165, 1.54) is 6.20 Å². The molecule has 0 fully saturated rings. The first-order valence-electron chi connectivity index (χ1n) is 5.59. The van der Waals surface area contributed by atoms with E-state index in [1.54, 1.807) is 12.1 Å². The normalized spacial score (nSPS) is 9.56. The standard InChI is InChI=1S/C14H12N2O2/c1-2-17-13-5-3-4-6-14(13)18-12-8-7-11(9-15)16-10-12/h3-8,10H,2H2,1H3. The van der Waals surface area contributed by atoms with Crippen molar-refractivity contribution in [2.45, 2.75) is 6.92 Å². The van der Waals surface area contributed by atoms with Gasteiger partial charge >= 0.3 is 0 Å². The van der Waals surface area contributed by atoms with Crippen molar-refractivity contribution in [1.82, 2.24) is 4.98 Å². The molecule has 0 N–H and O–H groups in total. The van der Waals surface area contributed by atoms with Crippen LogP contribution in [0.5, 0.6) is 17.2 Å². The Morgan fingerprint density at radius 2 is 1.94 bits per heavy atom. The van der Waals surface area contributed by atoms with E-state index in [2.05, 4.69) is 4.98 Å². The average Bonchev–Trinajstić information content (AvgIpc) is 2.42. The molecule has 2 rings (SSSR count). The molecule has 0 aliphatic carbocycles. The Hall–Kier alpha value is -2.54. The molecule has 4 nitrogen and oxygen atoms in total. The molecule has 0 amide bonds. The summed E-state index contributed by atoms with van der Waals surface area (Å²) < 4.78 is 11.1. The predicted molar refractivity (Wildman–Crippen MR) is 66.6 cm³/mol. The summed E-state index contributed by atoms with van der Waals surface area (Å²) in [6.45, 7) is 2.49. The lowest BCUT2D eigenvalue weighted by Crippen LogP contribution is -1.95. The third-order valence-corrected chi connectivity index (χ3v) is 2.23. The molecule has 2 aromatic rings. The fourth-order valence-electron chi connectivity index (χ4n) is 1.44. The van der Waals surface area contributed by atoms with Crippen molar-refractivity contribution in [2.24, 2.45) is 0 Å². The first-order valence-corrected chi connectivity index (χ1v) is 5.59. The molecule has 18 heavy (non-hydrogen) atoms. The molecule has 0 unspecified atom stereocenters. The molecule has 0 atom stereocenters. The fourth-order valence-corrected chi connectivity index (χ4v) is 1.44. The second-order valence-corrected chi connectivity index (χ2v) is 3.47. The van der Waals surface area contributed by atoms with Crippen LogP contribution in [0.4, 0.5) is 0 Å². The highest BCUT2D eigenvalue weighted by Crippen LogP contribution is 2.30. The van der Waals surface area contributed by atoms with E-state index in [0.717, 1.165) is 0 Å². The van der Waals surface area contributed by atoms with Crippen LogP contribution in [0.15, 0.2) is 42.6 Å². The average molecular weight is 240 g/mol. The lowest BCUT2D eigenvalue weighted by atomic mass is 10.3. The molecule has 0 bridgehead atoms. The van der Waals surface area contributed by atoms with E-state index in [9.17, 15) is 0 Å². The number of hydrogen-bond acceptors (Lipinski definition) is 4. The van der Waals surface area contributed by atoms with Gasteiger partial charge in [-0.05, 0) is 31.2 Å². The van der Waals surface area contributed by atoms with Gasteiger partial charge in [0.05, 0.1) is 12.8 Å². The van der Waals surface area contributed by atoms with Crippen LogP contribution < -0.4 is 9.47 Å². The zero-order valence-electron chi connectivity index (χ0n) is 9.96. The van der Waals surface area contributed by atoms with Crippen LogP contribution in [0.1, 0.15) is 12.6 Å². The number of para-hydroxylation sites is 2. The molecular weight excluding hydrogens is 228 g/mol. The Balaban J connectivity index is 2.20. The Morgan fingerprint density at radius 1 is 1.17 bits per heavy atom. The van der Waals surface area contributed by atoms with Gasteiger partial charge in [0.1, 0.15) is 17.5 Å². The maximum Gasteiger partial charge on any atom is 0.169 e. The Kier molecular flexibility index (Phi) is 3.77. The minimum Gasteiger partial charge on any atom is -0.490 e. The number of pyridine rings is 1. The summed E-state index contributed by atoms with van der Waals surface area (Å²) >= 11 is 0. The fraction of sp³-hybridized carbons (Fsp3) is 0.143. The van der Waals surface area contributed by atoms with Crippen LogP contribution in [-0.4, -0.2) is 11.6 Å². The third kappa shape index (κ3) is 2.77. The summed E-state index contributed by atoms with van der Waals surface area (Å²) in [5.41, 5.74) is 0.362. The molecule has 1 aromatic carbocycles. The summed E-state index contributed by atoms with van der Waals surface area (Å²) in [5.74, 6) is 1.89. The molecule has 0 spiro atoms. The number of benzene rings is 1. The SMILES string of the molecule is CCOc1ccccc1Oc1ccc(C#N)nc1. The van der Waals surface area contributed by atoms with Crippen LogP contribution >= 0.6 is 0 Å². The van der Waals surface area contributed by atoms with E-state index in [0.29, 0.717) is 29.5 Å². The molecule has 4 heteroatoms. The lowest BCUT2D eigenvalue weighted by molar-refractivity contribution is 0.321. The van der Waals surface area contributed by atoms with Crippen LogP contribution in [0, 0.1) is 11.3 Å². The lowest BCUT2D eigenvalue weighted by Gasteiger charge is -2.10. The van der Waals surface area contributed by atoms with Crippen LogP contribution in [0.3, 0.4) is 0 Å². The van der Waals surface area contributed by atoms with Crippen molar-refractivity contribution in [3.8, 4) is 23.3 Å². The Morgan fingerprint density at radius 3 is 2.56 bits per heavy atom. The second-order valence-electron chi connectivity index (χ2n) is 3.47. The van der Waals surface area contributed by atoms with Gasteiger partial charge in [-0.1, -0.05) is 12.1 Å². The minimum atomic E-state index is 0.362. The third-order valence-electron chi connectivity index (χ3n) is 2.23. The first kappa shape index (κ1) is 11.9. The van der Waals surface area contributed by atoms with Crippen LogP contribution in [-0.2, 0) is 0 Å². The van der Waals surface area contributed by atoms with Crippen molar-refractivity contribution in [1.29, 1.82) is 5.26 Å².